The molecule has 4 aromatic rings. The molecule has 11 heteroatoms. The highest BCUT2D eigenvalue weighted by Gasteiger charge is 2.56. The lowest BCUT2D eigenvalue weighted by Crippen LogP contribution is -2.28. The molecule has 198 valence electrons. The van der Waals surface area contributed by atoms with Crippen molar-refractivity contribution in [1.29, 1.82) is 0 Å². The van der Waals surface area contributed by atoms with Gasteiger partial charge in [-0.05, 0) is 25.3 Å². The van der Waals surface area contributed by atoms with Gasteiger partial charge in [-0.1, -0.05) is 20.8 Å². The normalized spacial score (nSPS) is 18.2. The zero-order chi connectivity index (χ0) is 26.7. The monoisotopic (exact) mass is 516 g/mol. The fourth-order valence-corrected chi connectivity index (χ4v) is 5.12. The smallest absolute Gasteiger partial charge is 0.222 e. The molecule has 1 saturated carbocycles. The third-order valence-electron chi connectivity index (χ3n) is 7.15. The SMILES string of the molecule is CC(=O)Nc1cc(Oc2cnc3nc(Nc4cc(C(C)(C)C)n(C5CCOC56CC6)n4)n(C)c3c2)ccn1. The van der Waals surface area contributed by atoms with Crippen molar-refractivity contribution in [2.24, 2.45) is 7.05 Å². The third kappa shape index (κ3) is 4.47. The summed E-state index contributed by atoms with van der Waals surface area (Å²) in [5.41, 5.74) is 2.45. The molecule has 38 heavy (non-hydrogen) atoms. The molecule has 2 aliphatic rings. The van der Waals surface area contributed by atoms with Gasteiger partial charge in [0.1, 0.15) is 17.3 Å². The predicted molar refractivity (Wildman–Crippen MR) is 143 cm³/mol. The molecule has 1 unspecified atom stereocenters. The first-order chi connectivity index (χ1) is 18.1. The van der Waals surface area contributed by atoms with Crippen molar-refractivity contribution in [3.8, 4) is 11.5 Å². The van der Waals surface area contributed by atoms with Crippen LogP contribution in [0.1, 0.15) is 58.7 Å². The van der Waals surface area contributed by atoms with Crippen LogP contribution in [0, 0.1) is 0 Å². The maximum atomic E-state index is 11.3. The van der Waals surface area contributed by atoms with E-state index >= 15 is 0 Å². The minimum Gasteiger partial charge on any atom is -0.455 e. The number of rotatable bonds is 6. The van der Waals surface area contributed by atoms with Crippen LogP contribution in [0.15, 0.2) is 36.7 Å². The molecule has 1 aliphatic carbocycles. The summed E-state index contributed by atoms with van der Waals surface area (Å²) < 4.78 is 16.2. The van der Waals surface area contributed by atoms with E-state index in [1.165, 1.54) is 12.6 Å². The molecule has 1 saturated heterocycles. The Labute approximate surface area is 220 Å². The van der Waals surface area contributed by atoms with Crippen molar-refractivity contribution in [3.05, 3.63) is 42.4 Å². The molecular formula is C27H32N8O3. The van der Waals surface area contributed by atoms with E-state index in [0.717, 1.165) is 37.2 Å². The first-order valence-electron chi connectivity index (χ1n) is 12.9. The largest absolute Gasteiger partial charge is 0.455 e. The molecule has 0 aromatic carbocycles. The Morgan fingerprint density at radius 2 is 1.97 bits per heavy atom. The van der Waals surface area contributed by atoms with Crippen molar-refractivity contribution in [2.45, 2.75) is 64.0 Å². The lowest BCUT2D eigenvalue weighted by Gasteiger charge is -2.26. The summed E-state index contributed by atoms with van der Waals surface area (Å²) >= 11 is 0. The summed E-state index contributed by atoms with van der Waals surface area (Å²) in [6, 6.07) is 7.63. The van der Waals surface area contributed by atoms with Gasteiger partial charge in [-0.2, -0.15) is 10.1 Å². The van der Waals surface area contributed by atoms with Gasteiger partial charge in [0.25, 0.3) is 0 Å². The molecule has 1 atom stereocenters. The molecule has 5 heterocycles. The second kappa shape index (κ2) is 8.80. The lowest BCUT2D eigenvalue weighted by atomic mass is 9.91. The Hall–Kier alpha value is -3.99. The number of pyridine rings is 2. The molecule has 0 bridgehead atoms. The molecule has 11 nitrogen and oxygen atoms in total. The Bertz CT molecular complexity index is 1530. The minimum atomic E-state index is -0.198. The number of carbonyl (C=O) groups is 1. The number of carbonyl (C=O) groups excluding carboxylic acids is 1. The zero-order valence-corrected chi connectivity index (χ0v) is 22.3. The van der Waals surface area contributed by atoms with Gasteiger partial charge in [-0.15, -0.1) is 0 Å². The number of fused-ring (bicyclic) bond motifs is 1. The van der Waals surface area contributed by atoms with Crippen LogP contribution in [0.4, 0.5) is 17.6 Å². The van der Waals surface area contributed by atoms with Crippen LogP contribution in [-0.4, -0.2) is 47.4 Å². The zero-order valence-electron chi connectivity index (χ0n) is 22.3. The van der Waals surface area contributed by atoms with Crippen molar-refractivity contribution >= 4 is 34.7 Å². The van der Waals surface area contributed by atoms with Gasteiger partial charge in [-0.3, -0.25) is 9.48 Å². The minimum absolute atomic E-state index is 0.0424. The molecule has 1 aliphatic heterocycles. The van der Waals surface area contributed by atoms with E-state index in [4.69, 9.17) is 19.6 Å². The number of ether oxygens (including phenoxy) is 2. The van der Waals surface area contributed by atoms with Gasteiger partial charge in [0.05, 0.1) is 23.4 Å². The molecule has 2 N–H and O–H groups in total. The molecule has 2 fully saturated rings. The highest BCUT2D eigenvalue weighted by atomic mass is 16.5. The Morgan fingerprint density at radius 3 is 2.71 bits per heavy atom. The maximum absolute atomic E-state index is 11.3. The first-order valence-corrected chi connectivity index (χ1v) is 12.9. The van der Waals surface area contributed by atoms with Gasteiger partial charge in [0.2, 0.25) is 11.9 Å². The van der Waals surface area contributed by atoms with E-state index < -0.39 is 0 Å². The van der Waals surface area contributed by atoms with E-state index in [0.29, 0.717) is 28.9 Å². The van der Waals surface area contributed by atoms with Crippen LogP contribution in [-0.2, 0) is 22.0 Å². The van der Waals surface area contributed by atoms with Crippen molar-refractivity contribution in [1.82, 2.24) is 29.3 Å². The third-order valence-corrected chi connectivity index (χ3v) is 7.15. The number of nitrogens with zero attached hydrogens (tertiary/aromatic N) is 6. The predicted octanol–water partition coefficient (Wildman–Crippen LogP) is 4.85. The summed E-state index contributed by atoms with van der Waals surface area (Å²) in [4.78, 5) is 24.7. The number of hydrogen-bond donors (Lipinski definition) is 2. The summed E-state index contributed by atoms with van der Waals surface area (Å²) in [5, 5.41) is 11.1. The topological polar surface area (TPSA) is 121 Å². The van der Waals surface area contributed by atoms with Gasteiger partial charge in [-0.25, -0.2) is 9.97 Å². The second-order valence-corrected chi connectivity index (χ2v) is 11.1. The maximum Gasteiger partial charge on any atom is 0.222 e. The number of nitrogens with one attached hydrogen (secondary N) is 2. The van der Waals surface area contributed by atoms with E-state index in [1.54, 1.807) is 24.5 Å². The van der Waals surface area contributed by atoms with E-state index in [2.05, 4.69) is 52.1 Å². The highest BCUT2D eigenvalue weighted by Crippen LogP contribution is 2.54. The number of imidazole rings is 1. The molecule has 1 amide bonds. The number of aryl methyl sites for hydroxylation is 1. The van der Waals surface area contributed by atoms with Crippen molar-refractivity contribution in [2.75, 3.05) is 17.2 Å². The van der Waals surface area contributed by atoms with E-state index in [1.807, 2.05) is 17.7 Å². The van der Waals surface area contributed by atoms with E-state index in [-0.39, 0.29) is 23.0 Å². The number of amides is 1. The fourth-order valence-electron chi connectivity index (χ4n) is 5.12. The standard InChI is InChI=1S/C27H32N8O3/c1-16(36)30-22-13-17(6-10-28-22)38-18-12-19-24(29-15-18)32-25(34(19)5)31-23-14-21(26(2,3)4)35(33-23)20-7-11-37-27(20)8-9-27/h6,10,12-15,20H,7-9,11H2,1-5H3,(H,28,30,36)(H,29,31,32,33). The fraction of sp³-hybridized carbons (Fsp3) is 0.444. The molecular weight excluding hydrogens is 484 g/mol. The van der Waals surface area contributed by atoms with Gasteiger partial charge >= 0.3 is 0 Å². The average molecular weight is 517 g/mol. The highest BCUT2D eigenvalue weighted by molar-refractivity contribution is 5.87. The number of hydrogen-bond acceptors (Lipinski definition) is 8. The Balaban J connectivity index is 1.27. The van der Waals surface area contributed by atoms with Crippen LogP contribution in [0.25, 0.3) is 11.2 Å². The van der Waals surface area contributed by atoms with Crippen molar-refractivity contribution < 1.29 is 14.3 Å². The van der Waals surface area contributed by atoms with Crippen LogP contribution >= 0.6 is 0 Å². The van der Waals surface area contributed by atoms with E-state index in [9.17, 15) is 4.79 Å². The van der Waals surface area contributed by atoms with Crippen molar-refractivity contribution in [3.63, 3.8) is 0 Å². The molecule has 0 radical (unpaired) electrons. The molecule has 6 rings (SSSR count). The summed E-state index contributed by atoms with van der Waals surface area (Å²) in [6.07, 6.45) is 6.37. The van der Waals surface area contributed by atoms with Gasteiger partial charge in [0.15, 0.2) is 11.5 Å². The Kier molecular flexibility index (Phi) is 5.64. The summed E-state index contributed by atoms with van der Waals surface area (Å²) in [5.74, 6) is 2.68. The lowest BCUT2D eigenvalue weighted by molar-refractivity contribution is -0.114. The molecule has 1 spiro atoms. The van der Waals surface area contributed by atoms with Gasteiger partial charge in [0, 0.05) is 56.1 Å². The average Bonchev–Trinajstić information content (AvgIpc) is 3.16. The van der Waals surface area contributed by atoms with Crippen LogP contribution in [0.2, 0.25) is 0 Å². The van der Waals surface area contributed by atoms with Crippen LogP contribution in [0.5, 0.6) is 11.5 Å². The number of anilines is 3. The second-order valence-electron chi connectivity index (χ2n) is 11.1. The molecule has 4 aromatic heterocycles. The summed E-state index contributed by atoms with van der Waals surface area (Å²) in [7, 11) is 1.93. The Morgan fingerprint density at radius 1 is 1.16 bits per heavy atom. The number of aromatic nitrogens is 6. The quantitative estimate of drug-likeness (QED) is 0.373. The van der Waals surface area contributed by atoms with Crippen LogP contribution < -0.4 is 15.4 Å². The van der Waals surface area contributed by atoms with Gasteiger partial charge < -0.3 is 24.7 Å². The first kappa shape index (κ1) is 24.4. The summed E-state index contributed by atoms with van der Waals surface area (Å²) in [6.45, 7) is 8.85. The van der Waals surface area contributed by atoms with Crippen LogP contribution in [0.3, 0.4) is 0 Å².